The Morgan fingerprint density at radius 2 is 2.23 bits per heavy atom. The number of carbonyl (C=O) groups excluding carboxylic acids is 1. The molecule has 2 heterocycles. The zero-order valence-corrected chi connectivity index (χ0v) is 12.9. The standard InChI is InChI=1S/C16H21N3O3/c1-12-10-19(11-13(2)22-12)6-5-18-16(20)14(9-17)8-15-4-3-7-21-15/h3-4,7-8,12-13H,5-6,10-11H2,1-2H3,(H,18,20)/b14-8+/t12-,13+. The number of nitrogens with zero attached hydrogens (tertiary/aromatic N) is 2. The van der Waals surface area contributed by atoms with Crippen LogP contribution in [0.15, 0.2) is 28.4 Å². The number of ether oxygens (including phenoxy) is 1. The minimum Gasteiger partial charge on any atom is -0.465 e. The number of furan rings is 1. The predicted octanol–water partition coefficient (Wildman–Crippen LogP) is 1.41. The van der Waals surface area contributed by atoms with E-state index in [1.165, 1.54) is 12.3 Å². The Balaban J connectivity index is 1.81. The van der Waals surface area contributed by atoms with Gasteiger partial charge >= 0.3 is 0 Å². The van der Waals surface area contributed by atoms with Gasteiger partial charge in [0, 0.05) is 32.3 Å². The van der Waals surface area contributed by atoms with Crippen LogP contribution in [0.25, 0.3) is 6.08 Å². The van der Waals surface area contributed by atoms with Crippen molar-refractivity contribution in [1.29, 1.82) is 5.26 Å². The van der Waals surface area contributed by atoms with E-state index >= 15 is 0 Å². The summed E-state index contributed by atoms with van der Waals surface area (Å²) in [5.74, 6) is 0.107. The Morgan fingerprint density at radius 3 is 2.82 bits per heavy atom. The van der Waals surface area contributed by atoms with E-state index in [0.717, 1.165) is 19.6 Å². The van der Waals surface area contributed by atoms with Gasteiger partial charge in [0.2, 0.25) is 0 Å². The first-order valence-electron chi connectivity index (χ1n) is 7.40. The van der Waals surface area contributed by atoms with E-state index in [-0.39, 0.29) is 23.7 Å². The Morgan fingerprint density at radius 1 is 1.50 bits per heavy atom. The third-order valence-corrected chi connectivity index (χ3v) is 3.40. The molecule has 118 valence electrons. The summed E-state index contributed by atoms with van der Waals surface area (Å²) in [6.45, 7) is 7.03. The summed E-state index contributed by atoms with van der Waals surface area (Å²) in [4.78, 5) is 14.2. The molecule has 0 radical (unpaired) electrons. The summed E-state index contributed by atoms with van der Waals surface area (Å²) in [6, 6.07) is 5.30. The summed E-state index contributed by atoms with van der Waals surface area (Å²) in [5, 5.41) is 11.8. The van der Waals surface area contributed by atoms with Crippen LogP contribution >= 0.6 is 0 Å². The first-order chi connectivity index (χ1) is 10.6. The molecule has 1 N–H and O–H groups in total. The molecule has 0 spiro atoms. The summed E-state index contributed by atoms with van der Waals surface area (Å²) in [5.41, 5.74) is 0.0404. The molecule has 1 amide bonds. The highest BCUT2D eigenvalue weighted by Gasteiger charge is 2.21. The number of hydrogen-bond acceptors (Lipinski definition) is 5. The van der Waals surface area contributed by atoms with E-state index in [1.54, 1.807) is 12.1 Å². The van der Waals surface area contributed by atoms with Gasteiger partial charge in [-0.2, -0.15) is 5.26 Å². The molecule has 1 aliphatic rings. The van der Waals surface area contributed by atoms with Crippen molar-refractivity contribution in [3.8, 4) is 6.07 Å². The molecular weight excluding hydrogens is 282 g/mol. The largest absolute Gasteiger partial charge is 0.465 e. The topological polar surface area (TPSA) is 78.5 Å². The average Bonchev–Trinajstić information content (AvgIpc) is 2.96. The van der Waals surface area contributed by atoms with Crippen LogP contribution in [0.3, 0.4) is 0 Å². The lowest BCUT2D eigenvalue weighted by Crippen LogP contribution is -2.47. The molecule has 1 fully saturated rings. The van der Waals surface area contributed by atoms with Crippen LogP contribution in [0, 0.1) is 11.3 Å². The lowest BCUT2D eigenvalue weighted by atomic mass is 10.2. The quantitative estimate of drug-likeness (QED) is 0.657. The fourth-order valence-corrected chi connectivity index (χ4v) is 2.55. The maximum Gasteiger partial charge on any atom is 0.262 e. The minimum atomic E-state index is -0.381. The van der Waals surface area contributed by atoms with Crippen molar-refractivity contribution < 1.29 is 13.9 Å². The Hall–Kier alpha value is -2.10. The molecule has 1 aromatic rings. The zero-order chi connectivity index (χ0) is 15.9. The maximum atomic E-state index is 12.0. The highest BCUT2D eigenvalue weighted by molar-refractivity contribution is 6.01. The third-order valence-electron chi connectivity index (χ3n) is 3.40. The summed E-state index contributed by atoms with van der Waals surface area (Å²) in [6.07, 6.45) is 3.34. The fraction of sp³-hybridized carbons (Fsp3) is 0.500. The van der Waals surface area contributed by atoms with Gasteiger partial charge in [0.15, 0.2) is 0 Å². The molecule has 0 bridgehead atoms. The van der Waals surface area contributed by atoms with Crippen molar-refractivity contribution in [2.24, 2.45) is 0 Å². The highest BCUT2D eigenvalue weighted by Crippen LogP contribution is 2.10. The normalized spacial score (nSPS) is 23.0. The number of morpholine rings is 1. The van der Waals surface area contributed by atoms with Crippen molar-refractivity contribution in [3.63, 3.8) is 0 Å². The van der Waals surface area contributed by atoms with E-state index in [2.05, 4.69) is 10.2 Å². The predicted molar refractivity (Wildman–Crippen MR) is 81.8 cm³/mol. The second-order valence-corrected chi connectivity index (χ2v) is 5.46. The Labute approximate surface area is 130 Å². The molecule has 2 rings (SSSR count). The van der Waals surface area contributed by atoms with Crippen molar-refractivity contribution in [2.45, 2.75) is 26.1 Å². The van der Waals surface area contributed by atoms with Gasteiger partial charge in [-0.1, -0.05) is 0 Å². The van der Waals surface area contributed by atoms with E-state index < -0.39 is 0 Å². The number of nitriles is 1. The van der Waals surface area contributed by atoms with Crippen molar-refractivity contribution in [3.05, 3.63) is 29.7 Å². The van der Waals surface area contributed by atoms with Crippen LogP contribution in [0.1, 0.15) is 19.6 Å². The fourth-order valence-electron chi connectivity index (χ4n) is 2.55. The molecule has 6 heteroatoms. The van der Waals surface area contributed by atoms with E-state index in [1.807, 2.05) is 19.9 Å². The van der Waals surface area contributed by atoms with Gasteiger partial charge < -0.3 is 14.5 Å². The molecular formula is C16H21N3O3. The molecule has 0 unspecified atom stereocenters. The van der Waals surface area contributed by atoms with Crippen LogP contribution in [-0.2, 0) is 9.53 Å². The second kappa shape index (κ2) is 7.78. The molecule has 1 saturated heterocycles. The monoisotopic (exact) mass is 303 g/mol. The average molecular weight is 303 g/mol. The van der Waals surface area contributed by atoms with Crippen molar-refractivity contribution in [2.75, 3.05) is 26.2 Å². The molecule has 6 nitrogen and oxygen atoms in total. The van der Waals surface area contributed by atoms with Gasteiger partial charge in [-0.15, -0.1) is 0 Å². The SMILES string of the molecule is C[C@@H]1CN(CCNC(=O)/C(C#N)=C/c2ccco2)C[C@H](C)O1. The molecule has 0 saturated carbocycles. The van der Waals surface area contributed by atoms with Gasteiger partial charge in [-0.3, -0.25) is 9.69 Å². The number of nitrogens with one attached hydrogen (secondary N) is 1. The van der Waals surface area contributed by atoms with Gasteiger partial charge in [0.1, 0.15) is 17.4 Å². The number of hydrogen-bond donors (Lipinski definition) is 1. The second-order valence-electron chi connectivity index (χ2n) is 5.46. The van der Waals surface area contributed by atoms with Crippen molar-refractivity contribution >= 4 is 12.0 Å². The van der Waals surface area contributed by atoms with Crippen LogP contribution in [0.5, 0.6) is 0 Å². The van der Waals surface area contributed by atoms with Crippen molar-refractivity contribution in [1.82, 2.24) is 10.2 Å². The number of amides is 1. The van der Waals surface area contributed by atoms with E-state index in [9.17, 15) is 4.79 Å². The third kappa shape index (κ3) is 4.72. The Kier molecular flexibility index (Phi) is 5.75. The summed E-state index contributed by atoms with van der Waals surface area (Å²) >= 11 is 0. The molecule has 22 heavy (non-hydrogen) atoms. The van der Waals surface area contributed by atoms with Gasteiger partial charge in [-0.25, -0.2) is 0 Å². The Bertz CT molecular complexity index is 550. The van der Waals surface area contributed by atoms with Gasteiger partial charge in [-0.05, 0) is 26.0 Å². The summed E-state index contributed by atoms with van der Waals surface area (Å²) in [7, 11) is 0. The van der Waals surface area contributed by atoms with Crippen LogP contribution in [-0.4, -0.2) is 49.2 Å². The van der Waals surface area contributed by atoms with Gasteiger partial charge in [0.25, 0.3) is 5.91 Å². The van der Waals surface area contributed by atoms with Gasteiger partial charge in [0.05, 0.1) is 18.5 Å². The lowest BCUT2D eigenvalue weighted by molar-refractivity contribution is -0.117. The highest BCUT2D eigenvalue weighted by atomic mass is 16.5. The number of carbonyl (C=O) groups is 1. The molecule has 0 aromatic carbocycles. The van der Waals surface area contributed by atoms with Crippen LogP contribution in [0.4, 0.5) is 0 Å². The summed E-state index contributed by atoms with van der Waals surface area (Å²) < 4.78 is 10.8. The molecule has 2 atom stereocenters. The first kappa shape index (κ1) is 16.3. The lowest BCUT2D eigenvalue weighted by Gasteiger charge is -2.35. The zero-order valence-electron chi connectivity index (χ0n) is 12.9. The van der Waals surface area contributed by atoms with E-state index in [0.29, 0.717) is 12.3 Å². The van der Waals surface area contributed by atoms with Crippen LogP contribution in [0.2, 0.25) is 0 Å². The molecule has 1 aromatic heterocycles. The van der Waals surface area contributed by atoms with E-state index in [4.69, 9.17) is 14.4 Å². The minimum absolute atomic E-state index is 0.0404. The molecule has 0 aliphatic carbocycles. The molecule has 1 aliphatic heterocycles. The number of rotatable bonds is 5. The maximum absolute atomic E-state index is 12.0. The smallest absolute Gasteiger partial charge is 0.262 e. The first-order valence-corrected chi connectivity index (χ1v) is 7.40. The van der Waals surface area contributed by atoms with Crippen LogP contribution < -0.4 is 5.32 Å².